The summed E-state index contributed by atoms with van der Waals surface area (Å²) in [5, 5.41) is 9.71. The van der Waals surface area contributed by atoms with Gasteiger partial charge in [-0.25, -0.2) is 0 Å². The molecule has 1 rings (SSSR count). The van der Waals surface area contributed by atoms with Gasteiger partial charge < -0.3 is 15.6 Å². The van der Waals surface area contributed by atoms with E-state index in [9.17, 15) is 5.11 Å². The summed E-state index contributed by atoms with van der Waals surface area (Å²) in [6.07, 6.45) is 0.0468. The molecule has 0 aliphatic carbocycles. The van der Waals surface area contributed by atoms with Crippen LogP contribution in [0.3, 0.4) is 0 Å². The molecular formula is C10H14BrNO2. The number of methoxy groups -OCH3 is 1. The van der Waals surface area contributed by atoms with E-state index >= 15 is 0 Å². The molecule has 0 unspecified atom stereocenters. The molecule has 1 aromatic carbocycles. The van der Waals surface area contributed by atoms with Gasteiger partial charge in [0.25, 0.3) is 0 Å². The summed E-state index contributed by atoms with van der Waals surface area (Å²) in [7, 11) is 1.61. The summed E-state index contributed by atoms with van der Waals surface area (Å²) in [5.74, 6) is 0.764. The number of ether oxygens (including phenoxy) is 1. The molecule has 3 nitrogen and oxygen atoms in total. The zero-order valence-corrected chi connectivity index (χ0v) is 9.62. The first kappa shape index (κ1) is 11.5. The van der Waals surface area contributed by atoms with Crippen LogP contribution in [0.15, 0.2) is 22.7 Å². The van der Waals surface area contributed by atoms with Crippen molar-refractivity contribution in [3.8, 4) is 5.75 Å². The standard InChI is InChI=1S/C10H14BrNO2/c1-14-7-2-3-8(9(11)6-7)10(13)4-5-12/h2-3,6,10,13H,4-5,12H2,1H3/t10-/m0/s1. The molecule has 0 spiro atoms. The molecule has 0 aliphatic rings. The van der Waals surface area contributed by atoms with Crippen molar-refractivity contribution in [2.45, 2.75) is 12.5 Å². The number of benzene rings is 1. The van der Waals surface area contributed by atoms with E-state index in [0.29, 0.717) is 13.0 Å². The molecule has 1 atom stereocenters. The number of aliphatic hydroxyl groups excluding tert-OH is 1. The predicted octanol–water partition coefficient (Wildman–Crippen LogP) is 1.84. The summed E-state index contributed by atoms with van der Waals surface area (Å²) in [5.41, 5.74) is 6.22. The molecule has 78 valence electrons. The Balaban J connectivity index is 2.88. The van der Waals surface area contributed by atoms with E-state index < -0.39 is 6.10 Å². The fraction of sp³-hybridized carbons (Fsp3) is 0.400. The second kappa shape index (κ2) is 5.34. The maximum Gasteiger partial charge on any atom is 0.120 e. The highest BCUT2D eigenvalue weighted by Crippen LogP contribution is 2.28. The second-order valence-electron chi connectivity index (χ2n) is 2.98. The average molecular weight is 260 g/mol. The zero-order chi connectivity index (χ0) is 10.6. The highest BCUT2D eigenvalue weighted by atomic mass is 79.9. The van der Waals surface area contributed by atoms with Crippen molar-refractivity contribution in [2.75, 3.05) is 13.7 Å². The molecule has 0 bridgehead atoms. The maximum atomic E-state index is 9.71. The molecule has 0 amide bonds. The van der Waals surface area contributed by atoms with Crippen LogP contribution in [-0.4, -0.2) is 18.8 Å². The monoisotopic (exact) mass is 259 g/mol. The van der Waals surface area contributed by atoms with Crippen molar-refractivity contribution in [2.24, 2.45) is 5.73 Å². The molecule has 0 saturated heterocycles. The lowest BCUT2D eigenvalue weighted by Gasteiger charge is -2.12. The predicted molar refractivity (Wildman–Crippen MR) is 59.3 cm³/mol. The normalized spacial score (nSPS) is 12.6. The molecule has 0 aliphatic heterocycles. The summed E-state index contributed by atoms with van der Waals surface area (Å²) in [6.45, 7) is 0.472. The van der Waals surface area contributed by atoms with Gasteiger partial charge >= 0.3 is 0 Å². The van der Waals surface area contributed by atoms with Crippen LogP contribution in [-0.2, 0) is 0 Å². The Hall–Kier alpha value is -0.580. The number of hydrogen-bond acceptors (Lipinski definition) is 3. The third-order valence-corrected chi connectivity index (χ3v) is 2.69. The molecule has 3 N–H and O–H groups in total. The Labute approximate surface area is 92.0 Å². The quantitative estimate of drug-likeness (QED) is 0.868. The maximum absolute atomic E-state index is 9.71. The zero-order valence-electron chi connectivity index (χ0n) is 8.03. The molecule has 0 radical (unpaired) electrons. The highest BCUT2D eigenvalue weighted by molar-refractivity contribution is 9.10. The molecule has 0 aromatic heterocycles. The van der Waals surface area contributed by atoms with E-state index in [1.165, 1.54) is 0 Å². The molecule has 0 heterocycles. The topological polar surface area (TPSA) is 55.5 Å². The minimum Gasteiger partial charge on any atom is -0.497 e. The molecule has 1 aromatic rings. The van der Waals surface area contributed by atoms with E-state index in [1.54, 1.807) is 7.11 Å². The Morgan fingerprint density at radius 2 is 2.29 bits per heavy atom. The lowest BCUT2D eigenvalue weighted by atomic mass is 10.1. The van der Waals surface area contributed by atoms with Crippen molar-refractivity contribution in [3.05, 3.63) is 28.2 Å². The van der Waals surface area contributed by atoms with Crippen LogP contribution in [0.4, 0.5) is 0 Å². The van der Waals surface area contributed by atoms with Crippen molar-refractivity contribution in [1.82, 2.24) is 0 Å². The fourth-order valence-corrected chi connectivity index (χ4v) is 1.84. The number of nitrogens with two attached hydrogens (primary N) is 1. The Morgan fingerprint density at radius 1 is 1.57 bits per heavy atom. The third kappa shape index (κ3) is 2.70. The highest BCUT2D eigenvalue weighted by Gasteiger charge is 2.10. The summed E-state index contributed by atoms with van der Waals surface area (Å²) < 4.78 is 5.90. The first-order valence-corrected chi connectivity index (χ1v) is 5.20. The van der Waals surface area contributed by atoms with Gasteiger partial charge in [0, 0.05) is 4.47 Å². The van der Waals surface area contributed by atoms with Crippen LogP contribution in [0.5, 0.6) is 5.75 Å². The summed E-state index contributed by atoms with van der Waals surface area (Å²) in [6, 6.07) is 5.48. The molecule has 4 heteroatoms. The molecule has 0 fully saturated rings. The van der Waals surface area contributed by atoms with Crippen LogP contribution in [0.2, 0.25) is 0 Å². The van der Waals surface area contributed by atoms with E-state index in [1.807, 2.05) is 18.2 Å². The van der Waals surface area contributed by atoms with Gasteiger partial charge in [0.05, 0.1) is 13.2 Å². The van der Waals surface area contributed by atoms with Gasteiger partial charge in [-0.05, 0) is 30.7 Å². The van der Waals surface area contributed by atoms with Gasteiger partial charge in [-0.15, -0.1) is 0 Å². The minimum atomic E-state index is -0.514. The van der Waals surface area contributed by atoms with Gasteiger partial charge in [0.2, 0.25) is 0 Å². The smallest absolute Gasteiger partial charge is 0.120 e. The molecule has 14 heavy (non-hydrogen) atoms. The minimum absolute atomic E-state index is 0.472. The average Bonchev–Trinajstić information content (AvgIpc) is 2.17. The Morgan fingerprint density at radius 3 is 2.79 bits per heavy atom. The van der Waals surface area contributed by atoms with Gasteiger partial charge in [0.15, 0.2) is 0 Å². The molecule has 0 saturated carbocycles. The van der Waals surface area contributed by atoms with Gasteiger partial charge in [-0.1, -0.05) is 22.0 Å². The van der Waals surface area contributed by atoms with Crippen molar-refractivity contribution < 1.29 is 9.84 Å². The van der Waals surface area contributed by atoms with Crippen molar-refractivity contribution in [3.63, 3.8) is 0 Å². The number of rotatable bonds is 4. The van der Waals surface area contributed by atoms with Gasteiger partial charge in [0.1, 0.15) is 5.75 Å². The Kier molecular flexibility index (Phi) is 4.38. The largest absolute Gasteiger partial charge is 0.497 e. The fourth-order valence-electron chi connectivity index (χ4n) is 1.22. The second-order valence-corrected chi connectivity index (χ2v) is 3.83. The first-order chi connectivity index (χ1) is 6.69. The van der Waals surface area contributed by atoms with E-state index in [4.69, 9.17) is 10.5 Å². The lowest BCUT2D eigenvalue weighted by molar-refractivity contribution is 0.169. The number of aliphatic hydroxyl groups is 1. The van der Waals surface area contributed by atoms with Gasteiger partial charge in [-0.2, -0.15) is 0 Å². The van der Waals surface area contributed by atoms with Crippen LogP contribution >= 0.6 is 15.9 Å². The van der Waals surface area contributed by atoms with Crippen LogP contribution in [0, 0.1) is 0 Å². The third-order valence-electron chi connectivity index (χ3n) is 2.01. The first-order valence-electron chi connectivity index (χ1n) is 4.40. The summed E-state index contributed by atoms with van der Waals surface area (Å²) in [4.78, 5) is 0. The van der Waals surface area contributed by atoms with Crippen molar-refractivity contribution in [1.29, 1.82) is 0 Å². The number of halogens is 1. The van der Waals surface area contributed by atoms with E-state index in [0.717, 1.165) is 15.8 Å². The van der Waals surface area contributed by atoms with E-state index in [2.05, 4.69) is 15.9 Å². The lowest BCUT2D eigenvalue weighted by Crippen LogP contribution is -2.07. The number of hydrogen-bond donors (Lipinski definition) is 2. The van der Waals surface area contributed by atoms with Gasteiger partial charge in [-0.3, -0.25) is 0 Å². The summed E-state index contributed by atoms with van der Waals surface area (Å²) >= 11 is 3.38. The van der Waals surface area contributed by atoms with Crippen LogP contribution in [0.1, 0.15) is 18.1 Å². The van der Waals surface area contributed by atoms with Crippen LogP contribution in [0.25, 0.3) is 0 Å². The van der Waals surface area contributed by atoms with Crippen molar-refractivity contribution >= 4 is 15.9 Å². The molecular weight excluding hydrogens is 246 g/mol. The SMILES string of the molecule is COc1ccc([C@@H](O)CCN)c(Br)c1. The van der Waals surface area contributed by atoms with Crippen LogP contribution < -0.4 is 10.5 Å². The van der Waals surface area contributed by atoms with E-state index in [-0.39, 0.29) is 0 Å². The Bertz CT molecular complexity index is 304.